The number of rotatable bonds is 4. The number of aliphatic imine (C=N–C) groups is 1. The van der Waals surface area contributed by atoms with Crippen LogP contribution in [0.25, 0.3) is 0 Å². The first-order valence-electron chi connectivity index (χ1n) is 8.85. The number of piperazine rings is 1. The highest BCUT2D eigenvalue weighted by atomic mass is 19.4. The molecule has 1 saturated carbocycles. The molecule has 2 fully saturated rings. The SMILES string of the molecule is CCNC(=NCC1CCCC1O)N1CCN(C(C)C(F)(F)F)CC1. The average Bonchev–Trinajstić information content (AvgIpc) is 2.95. The number of nitrogens with one attached hydrogen (secondary N) is 1. The Kier molecular flexibility index (Phi) is 6.74. The first-order valence-corrected chi connectivity index (χ1v) is 8.85. The molecule has 8 heteroatoms. The van der Waals surface area contributed by atoms with Crippen molar-refractivity contribution in [3.05, 3.63) is 0 Å². The molecule has 2 N–H and O–H groups in total. The number of alkyl halides is 3. The number of aliphatic hydroxyl groups excluding tert-OH is 1. The summed E-state index contributed by atoms with van der Waals surface area (Å²) >= 11 is 0. The second-order valence-electron chi connectivity index (χ2n) is 6.69. The molecule has 24 heavy (non-hydrogen) atoms. The molecule has 2 aliphatic rings. The molecule has 0 aromatic heterocycles. The predicted molar refractivity (Wildman–Crippen MR) is 88.0 cm³/mol. The van der Waals surface area contributed by atoms with Gasteiger partial charge < -0.3 is 15.3 Å². The molecule has 0 spiro atoms. The largest absolute Gasteiger partial charge is 0.403 e. The third-order valence-corrected chi connectivity index (χ3v) is 5.06. The predicted octanol–water partition coefficient (Wildman–Crippen LogP) is 1.68. The van der Waals surface area contributed by atoms with Crippen molar-refractivity contribution in [2.45, 2.75) is 51.4 Å². The molecular weight excluding hydrogens is 321 g/mol. The quantitative estimate of drug-likeness (QED) is 0.598. The third kappa shape index (κ3) is 4.99. The van der Waals surface area contributed by atoms with Crippen LogP contribution in [0.3, 0.4) is 0 Å². The number of hydrogen-bond acceptors (Lipinski definition) is 3. The molecule has 5 nitrogen and oxygen atoms in total. The standard InChI is InChI=1S/C16H29F3N4O/c1-3-20-15(21-11-13-5-4-6-14(13)24)23-9-7-22(8-10-23)12(2)16(17,18)19/h12-14,24H,3-11H2,1-2H3,(H,20,21). The Balaban J connectivity index is 1.90. The van der Waals surface area contributed by atoms with E-state index in [-0.39, 0.29) is 12.0 Å². The van der Waals surface area contributed by atoms with Crippen LogP contribution in [-0.4, -0.2) is 78.5 Å². The number of nitrogens with zero attached hydrogens (tertiary/aromatic N) is 3. The molecule has 0 amide bonds. The summed E-state index contributed by atoms with van der Waals surface area (Å²) in [5.41, 5.74) is 0. The van der Waals surface area contributed by atoms with Crippen LogP contribution >= 0.6 is 0 Å². The molecule has 1 aliphatic carbocycles. The van der Waals surface area contributed by atoms with Crippen LogP contribution in [0.2, 0.25) is 0 Å². The van der Waals surface area contributed by atoms with Crippen LogP contribution in [0.5, 0.6) is 0 Å². The molecule has 1 aliphatic heterocycles. The average molecular weight is 350 g/mol. The first-order chi connectivity index (χ1) is 11.3. The van der Waals surface area contributed by atoms with Crippen molar-refractivity contribution >= 4 is 5.96 Å². The summed E-state index contributed by atoms with van der Waals surface area (Å²) in [4.78, 5) is 8.11. The summed E-state index contributed by atoms with van der Waals surface area (Å²) in [6.45, 7) is 6.28. The fraction of sp³-hybridized carbons (Fsp3) is 0.938. The minimum Gasteiger partial charge on any atom is -0.393 e. The van der Waals surface area contributed by atoms with Crippen LogP contribution in [-0.2, 0) is 0 Å². The van der Waals surface area contributed by atoms with E-state index < -0.39 is 12.2 Å². The van der Waals surface area contributed by atoms with Gasteiger partial charge in [0.05, 0.1) is 6.10 Å². The maximum Gasteiger partial charge on any atom is 0.403 e. The van der Waals surface area contributed by atoms with Gasteiger partial charge in [-0.3, -0.25) is 9.89 Å². The third-order valence-electron chi connectivity index (χ3n) is 5.06. The number of halogens is 3. The minimum atomic E-state index is -4.18. The second kappa shape index (κ2) is 8.38. The zero-order valence-corrected chi connectivity index (χ0v) is 14.5. The van der Waals surface area contributed by atoms with E-state index in [0.29, 0.717) is 39.3 Å². The van der Waals surface area contributed by atoms with Crippen molar-refractivity contribution < 1.29 is 18.3 Å². The van der Waals surface area contributed by atoms with E-state index in [9.17, 15) is 18.3 Å². The molecule has 0 radical (unpaired) electrons. The van der Waals surface area contributed by atoms with E-state index in [0.717, 1.165) is 25.2 Å². The topological polar surface area (TPSA) is 51.1 Å². The lowest BCUT2D eigenvalue weighted by Gasteiger charge is -2.39. The summed E-state index contributed by atoms with van der Waals surface area (Å²) < 4.78 is 38.5. The second-order valence-corrected chi connectivity index (χ2v) is 6.69. The molecule has 2 rings (SSSR count). The fourth-order valence-corrected chi connectivity index (χ4v) is 3.39. The normalized spacial score (nSPS) is 28.2. The summed E-state index contributed by atoms with van der Waals surface area (Å²) in [7, 11) is 0. The van der Waals surface area contributed by atoms with Gasteiger partial charge in [-0.15, -0.1) is 0 Å². The van der Waals surface area contributed by atoms with Gasteiger partial charge in [0.25, 0.3) is 0 Å². The smallest absolute Gasteiger partial charge is 0.393 e. The Labute approximate surface area is 141 Å². The highest BCUT2D eigenvalue weighted by molar-refractivity contribution is 5.80. The lowest BCUT2D eigenvalue weighted by Crippen LogP contribution is -2.56. The molecule has 1 saturated heterocycles. The Morgan fingerprint density at radius 2 is 1.92 bits per heavy atom. The summed E-state index contributed by atoms with van der Waals surface area (Å²) in [5, 5.41) is 13.1. The Morgan fingerprint density at radius 1 is 1.25 bits per heavy atom. The summed E-state index contributed by atoms with van der Waals surface area (Å²) in [6.07, 6.45) is -1.60. The van der Waals surface area contributed by atoms with Crippen molar-refractivity contribution in [2.24, 2.45) is 10.9 Å². The first kappa shape index (κ1) is 19.3. The van der Waals surface area contributed by atoms with Gasteiger partial charge in [-0.1, -0.05) is 6.42 Å². The number of guanidine groups is 1. The van der Waals surface area contributed by atoms with Crippen LogP contribution in [0.4, 0.5) is 13.2 Å². The monoisotopic (exact) mass is 350 g/mol. The lowest BCUT2D eigenvalue weighted by molar-refractivity contribution is -0.181. The highest BCUT2D eigenvalue weighted by Gasteiger charge is 2.41. The van der Waals surface area contributed by atoms with Crippen molar-refractivity contribution in [3.63, 3.8) is 0 Å². The van der Waals surface area contributed by atoms with Crippen LogP contribution in [0.1, 0.15) is 33.1 Å². The summed E-state index contributed by atoms with van der Waals surface area (Å²) in [6, 6.07) is -1.41. The molecular formula is C16H29F3N4O. The van der Waals surface area contributed by atoms with Crippen molar-refractivity contribution in [2.75, 3.05) is 39.3 Å². The Morgan fingerprint density at radius 3 is 2.42 bits per heavy atom. The van der Waals surface area contributed by atoms with E-state index in [1.165, 1.54) is 11.8 Å². The van der Waals surface area contributed by atoms with E-state index >= 15 is 0 Å². The van der Waals surface area contributed by atoms with Gasteiger partial charge in [0, 0.05) is 45.2 Å². The molecule has 0 bridgehead atoms. The zero-order chi connectivity index (χ0) is 17.7. The molecule has 3 atom stereocenters. The van der Waals surface area contributed by atoms with E-state index in [4.69, 9.17) is 0 Å². The van der Waals surface area contributed by atoms with Gasteiger partial charge in [-0.25, -0.2) is 0 Å². The fourth-order valence-electron chi connectivity index (χ4n) is 3.39. The van der Waals surface area contributed by atoms with Crippen LogP contribution in [0.15, 0.2) is 4.99 Å². The van der Waals surface area contributed by atoms with Crippen molar-refractivity contribution in [1.29, 1.82) is 0 Å². The van der Waals surface area contributed by atoms with Crippen molar-refractivity contribution in [3.8, 4) is 0 Å². The van der Waals surface area contributed by atoms with Gasteiger partial charge >= 0.3 is 6.18 Å². The maximum absolute atomic E-state index is 12.8. The minimum absolute atomic E-state index is 0.199. The lowest BCUT2D eigenvalue weighted by atomic mass is 10.1. The molecule has 1 heterocycles. The zero-order valence-electron chi connectivity index (χ0n) is 14.5. The molecule has 140 valence electrons. The number of aliphatic hydroxyl groups is 1. The van der Waals surface area contributed by atoms with Gasteiger partial charge in [0.15, 0.2) is 5.96 Å². The van der Waals surface area contributed by atoms with E-state index in [1.807, 2.05) is 11.8 Å². The van der Waals surface area contributed by atoms with Gasteiger partial charge in [-0.05, 0) is 26.7 Å². The Bertz CT molecular complexity index is 422. The van der Waals surface area contributed by atoms with Gasteiger partial charge in [0.1, 0.15) is 6.04 Å². The summed E-state index contributed by atoms with van der Waals surface area (Å²) in [5.74, 6) is 0.945. The molecule has 0 aromatic rings. The van der Waals surface area contributed by atoms with Crippen LogP contribution < -0.4 is 5.32 Å². The van der Waals surface area contributed by atoms with Crippen molar-refractivity contribution in [1.82, 2.24) is 15.1 Å². The molecule has 0 aromatic carbocycles. The van der Waals surface area contributed by atoms with Gasteiger partial charge in [0.2, 0.25) is 0 Å². The van der Waals surface area contributed by atoms with Gasteiger partial charge in [-0.2, -0.15) is 13.2 Å². The Hall–Kier alpha value is -1.02. The highest BCUT2D eigenvalue weighted by Crippen LogP contribution is 2.26. The van der Waals surface area contributed by atoms with E-state index in [1.54, 1.807) is 0 Å². The molecule has 3 unspecified atom stereocenters. The maximum atomic E-state index is 12.8. The van der Waals surface area contributed by atoms with Crippen LogP contribution in [0, 0.1) is 5.92 Å². The van der Waals surface area contributed by atoms with E-state index in [2.05, 4.69) is 10.3 Å². The number of hydrogen-bond donors (Lipinski definition) is 2.